The Morgan fingerprint density at radius 2 is 1.94 bits per heavy atom. The van der Waals surface area contributed by atoms with Crippen molar-refractivity contribution in [3.63, 3.8) is 0 Å². The van der Waals surface area contributed by atoms with Crippen LogP contribution in [0.2, 0.25) is 0 Å². The second-order valence-corrected chi connectivity index (χ2v) is 10.1. The number of anilines is 1. The molecule has 0 spiro atoms. The van der Waals surface area contributed by atoms with Crippen LogP contribution in [0.25, 0.3) is 16.6 Å². The van der Waals surface area contributed by atoms with E-state index in [0.29, 0.717) is 36.2 Å². The highest BCUT2D eigenvalue weighted by Gasteiger charge is 2.48. The highest BCUT2D eigenvalue weighted by molar-refractivity contribution is 6.02. The molecule has 2 aliphatic rings. The minimum atomic E-state index is -1.36. The molecule has 9 nitrogen and oxygen atoms in total. The molecular weight excluding hydrogens is 432 g/mol. The van der Waals surface area contributed by atoms with E-state index >= 15 is 0 Å². The molecule has 5 rings (SSSR count). The van der Waals surface area contributed by atoms with E-state index in [-0.39, 0.29) is 17.9 Å². The third kappa shape index (κ3) is 3.79. The Hall–Kier alpha value is -3.46. The molecule has 3 aromatic heterocycles. The zero-order valence-electron chi connectivity index (χ0n) is 19.6. The quantitative estimate of drug-likeness (QED) is 0.534. The van der Waals surface area contributed by atoms with Gasteiger partial charge in [0, 0.05) is 43.3 Å². The normalized spacial score (nSPS) is 24.4. The molecule has 2 amide bonds. The third-order valence-corrected chi connectivity index (χ3v) is 7.41. The third-order valence-electron chi connectivity index (χ3n) is 7.41. The fraction of sp³-hybridized carbons (Fsp3) is 0.440. The fourth-order valence-electron chi connectivity index (χ4n) is 5.61. The Bertz CT molecular complexity index is 1250. The monoisotopic (exact) mass is 462 g/mol. The van der Waals surface area contributed by atoms with Crippen molar-refractivity contribution in [3.05, 3.63) is 48.5 Å². The first-order valence-electron chi connectivity index (χ1n) is 11.6. The van der Waals surface area contributed by atoms with Gasteiger partial charge in [0.05, 0.1) is 23.0 Å². The fourth-order valence-corrected chi connectivity index (χ4v) is 5.61. The molecule has 2 fully saturated rings. The number of fused-ring (bicyclic) bond motifs is 2. The molecule has 9 heteroatoms. The molecule has 0 aromatic carbocycles. The number of likely N-dealkylation sites (tertiary alicyclic amines) is 1. The molecule has 4 atom stereocenters. The highest BCUT2D eigenvalue weighted by atomic mass is 16.3. The van der Waals surface area contributed by atoms with Crippen LogP contribution in [0.15, 0.2) is 43.0 Å². The highest BCUT2D eigenvalue weighted by Crippen LogP contribution is 2.44. The minimum absolute atomic E-state index is 0.123. The number of carbonyl (C=O) groups excluding carboxylic acids is 2. The summed E-state index contributed by atoms with van der Waals surface area (Å²) in [5, 5.41) is 18.2. The number of aliphatic hydroxyl groups is 1. The predicted molar refractivity (Wildman–Crippen MR) is 128 cm³/mol. The summed E-state index contributed by atoms with van der Waals surface area (Å²) in [5.74, 6) is 0.193. The Labute approximate surface area is 198 Å². The smallest absolute Gasteiger partial charge is 0.253 e. The Balaban J connectivity index is 1.43. The van der Waals surface area contributed by atoms with E-state index in [1.807, 2.05) is 24.4 Å². The first-order chi connectivity index (χ1) is 16.1. The topological polar surface area (TPSA) is 126 Å². The van der Waals surface area contributed by atoms with Gasteiger partial charge in [-0.2, -0.15) is 5.10 Å². The lowest BCUT2D eigenvalue weighted by Crippen LogP contribution is -2.45. The zero-order chi connectivity index (χ0) is 24.2. The predicted octanol–water partition coefficient (Wildman–Crippen LogP) is 2.16. The number of hydrogen-bond donors (Lipinski definition) is 3. The van der Waals surface area contributed by atoms with Gasteiger partial charge in [0.2, 0.25) is 0 Å². The van der Waals surface area contributed by atoms with Crippen LogP contribution in [0.3, 0.4) is 0 Å². The van der Waals surface area contributed by atoms with Crippen LogP contribution in [0.1, 0.15) is 37.6 Å². The van der Waals surface area contributed by atoms with Gasteiger partial charge in [-0.3, -0.25) is 14.6 Å². The van der Waals surface area contributed by atoms with Crippen molar-refractivity contribution in [2.45, 2.75) is 38.8 Å². The first-order valence-corrected chi connectivity index (χ1v) is 11.6. The van der Waals surface area contributed by atoms with Crippen LogP contribution in [-0.4, -0.2) is 61.2 Å². The molecule has 1 saturated carbocycles. The molecule has 0 bridgehead atoms. The summed E-state index contributed by atoms with van der Waals surface area (Å²) in [6.45, 7) is 6.54. The number of nitrogens with zero attached hydrogens (tertiary/aromatic N) is 4. The van der Waals surface area contributed by atoms with Crippen LogP contribution in [0.4, 0.5) is 5.69 Å². The van der Waals surface area contributed by atoms with Crippen molar-refractivity contribution in [2.24, 2.45) is 23.5 Å². The summed E-state index contributed by atoms with van der Waals surface area (Å²) in [7, 11) is 0. The summed E-state index contributed by atoms with van der Waals surface area (Å²) < 4.78 is 1.76. The van der Waals surface area contributed by atoms with Gasteiger partial charge in [0.1, 0.15) is 5.60 Å². The molecular formula is C25H30N6O3. The lowest BCUT2D eigenvalue weighted by atomic mass is 9.93. The van der Waals surface area contributed by atoms with E-state index in [1.54, 1.807) is 21.8 Å². The van der Waals surface area contributed by atoms with Crippen LogP contribution in [-0.2, 0) is 4.79 Å². The molecule has 1 aliphatic heterocycles. The van der Waals surface area contributed by atoms with E-state index in [1.165, 1.54) is 20.0 Å². The molecule has 34 heavy (non-hydrogen) atoms. The van der Waals surface area contributed by atoms with Crippen molar-refractivity contribution >= 4 is 23.0 Å². The van der Waals surface area contributed by atoms with Gasteiger partial charge in [0.15, 0.2) is 0 Å². The van der Waals surface area contributed by atoms with Gasteiger partial charge in [0.25, 0.3) is 11.8 Å². The molecule has 1 saturated heterocycles. The molecule has 178 valence electrons. The summed E-state index contributed by atoms with van der Waals surface area (Å²) in [5.41, 5.74) is 8.15. The lowest BCUT2D eigenvalue weighted by molar-refractivity contribution is -0.147. The number of primary amides is 1. The molecule has 4 N–H and O–H groups in total. The second-order valence-electron chi connectivity index (χ2n) is 10.1. The molecule has 4 heterocycles. The Morgan fingerprint density at radius 1 is 1.21 bits per heavy atom. The summed E-state index contributed by atoms with van der Waals surface area (Å²) in [6, 6.07) is 5.98. The average Bonchev–Trinajstić information content (AvgIpc) is 3.48. The van der Waals surface area contributed by atoms with Crippen LogP contribution in [0, 0.1) is 17.8 Å². The molecule has 1 aliphatic carbocycles. The number of nitrogens with one attached hydrogen (secondary N) is 1. The largest absolute Gasteiger partial charge is 0.381 e. The van der Waals surface area contributed by atoms with Crippen molar-refractivity contribution in [1.82, 2.24) is 19.5 Å². The lowest BCUT2D eigenvalue weighted by Gasteiger charge is -2.28. The first kappa shape index (κ1) is 22.3. The van der Waals surface area contributed by atoms with Crippen LogP contribution < -0.4 is 11.1 Å². The maximum absolute atomic E-state index is 12.6. The Morgan fingerprint density at radius 3 is 2.59 bits per heavy atom. The van der Waals surface area contributed by atoms with Crippen molar-refractivity contribution in [3.8, 4) is 11.1 Å². The summed E-state index contributed by atoms with van der Waals surface area (Å²) in [4.78, 5) is 30.7. The number of pyridine rings is 1. The van der Waals surface area contributed by atoms with Gasteiger partial charge in [-0.05, 0) is 61.8 Å². The summed E-state index contributed by atoms with van der Waals surface area (Å²) >= 11 is 0. The van der Waals surface area contributed by atoms with Gasteiger partial charge >= 0.3 is 0 Å². The van der Waals surface area contributed by atoms with E-state index in [2.05, 4.69) is 22.3 Å². The van der Waals surface area contributed by atoms with Crippen molar-refractivity contribution < 1.29 is 14.7 Å². The number of carbonyl (C=O) groups is 2. The van der Waals surface area contributed by atoms with Crippen LogP contribution in [0.5, 0.6) is 0 Å². The molecule has 0 radical (unpaired) electrons. The maximum Gasteiger partial charge on any atom is 0.253 e. The van der Waals surface area contributed by atoms with Gasteiger partial charge in [-0.1, -0.05) is 6.92 Å². The second kappa shape index (κ2) is 8.09. The van der Waals surface area contributed by atoms with Crippen molar-refractivity contribution in [1.29, 1.82) is 0 Å². The van der Waals surface area contributed by atoms with E-state index in [9.17, 15) is 14.7 Å². The van der Waals surface area contributed by atoms with Gasteiger partial charge in [-0.15, -0.1) is 0 Å². The Kier molecular flexibility index (Phi) is 5.31. The average molecular weight is 463 g/mol. The van der Waals surface area contributed by atoms with E-state index in [4.69, 9.17) is 5.73 Å². The number of hydrogen-bond acceptors (Lipinski definition) is 6. The van der Waals surface area contributed by atoms with Gasteiger partial charge < -0.3 is 21.1 Å². The standard InChI is InChI=1S/C25H30N6O3/c1-14-19-13-30(24(33)25(2,3)34)11-17(19)8-20(14)29-22-18(23(26)32)10-28-31-12-16(9-21(22)31)15-4-6-27-7-5-15/h4-7,9-10,12,14,17,19-20,29,34H,8,11,13H2,1-3H3,(H2,26,32)/t14-,17-,19-,20-/m1/s1. The number of aromatic nitrogens is 3. The SMILES string of the molecule is C[C@@H]1[C@H]2CN(C(=O)C(C)(C)O)C[C@H]2C[C@H]1Nc1c(C(N)=O)cnn2cc(-c3ccncc3)cc12. The number of rotatable bonds is 5. The maximum atomic E-state index is 12.6. The zero-order valence-corrected chi connectivity index (χ0v) is 19.6. The van der Waals surface area contributed by atoms with E-state index < -0.39 is 11.5 Å². The minimum Gasteiger partial charge on any atom is -0.381 e. The molecule has 3 aromatic rings. The number of nitrogens with two attached hydrogens (primary N) is 1. The van der Waals surface area contributed by atoms with Crippen molar-refractivity contribution in [2.75, 3.05) is 18.4 Å². The summed E-state index contributed by atoms with van der Waals surface area (Å²) in [6.07, 6.45) is 7.78. The van der Waals surface area contributed by atoms with Crippen LogP contribution >= 0.6 is 0 Å². The van der Waals surface area contributed by atoms with Gasteiger partial charge in [-0.25, -0.2) is 4.52 Å². The number of amides is 2. The van der Waals surface area contributed by atoms with E-state index in [0.717, 1.165) is 23.1 Å². The molecule has 0 unspecified atom stereocenters.